The first-order chi connectivity index (χ1) is 9.42. The van der Waals surface area contributed by atoms with E-state index < -0.39 is 5.41 Å². The first-order valence-corrected chi connectivity index (χ1v) is 9.87. The number of hydrogen-bond acceptors (Lipinski definition) is 4. The molecule has 4 unspecified atom stereocenters. The van der Waals surface area contributed by atoms with Crippen molar-refractivity contribution in [2.75, 3.05) is 13.4 Å². The molecule has 2 saturated carbocycles. The van der Waals surface area contributed by atoms with Crippen molar-refractivity contribution < 1.29 is 35.7 Å². The van der Waals surface area contributed by atoms with Crippen LogP contribution in [0.15, 0.2) is 0 Å². The Morgan fingerprint density at radius 2 is 2.20 bits per heavy atom. The molecule has 4 nitrogen and oxygen atoms in total. The van der Waals surface area contributed by atoms with Gasteiger partial charge in [0, 0.05) is 0 Å². The normalized spacial score (nSPS) is 39.5. The monoisotopic (exact) mass is 394 g/mol. The second-order valence-electron chi connectivity index (χ2n) is 7.43. The molecular formula is C15H25INO3-. The van der Waals surface area contributed by atoms with E-state index in [2.05, 4.69) is 10.5 Å². The number of hydrogen-bond donors (Lipinski definition) is 1. The van der Waals surface area contributed by atoms with Gasteiger partial charge in [-0.15, -0.1) is 0 Å². The quantitative estimate of drug-likeness (QED) is 0.0946. The van der Waals surface area contributed by atoms with Crippen molar-refractivity contribution in [3.63, 3.8) is 0 Å². The van der Waals surface area contributed by atoms with E-state index in [1.807, 2.05) is 13.8 Å². The fourth-order valence-corrected chi connectivity index (χ4v) is 5.85. The van der Waals surface area contributed by atoms with Crippen molar-refractivity contribution in [2.24, 2.45) is 22.7 Å². The zero-order valence-corrected chi connectivity index (χ0v) is 14.7. The van der Waals surface area contributed by atoms with Crippen LogP contribution < -0.4 is 25.0 Å². The molecule has 0 amide bonds. The third kappa shape index (κ3) is 2.86. The molecule has 2 bridgehead atoms. The molecule has 3 rings (SSSR count). The Hall–Kier alpha value is 0.120. The molecule has 5 heteroatoms. The molecular weight excluding hydrogens is 369 g/mol. The SMILES string of the molecule is CC1(COCOC(=O)C(C)(C)C2N[I-]2)CC2CCC1C2. The molecule has 0 radical (unpaired) electrons. The van der Waals surface area contributed by atoms with E-state index >= 15 is 0 Å². The number of fused-ring (bicyclic) bond motifs is 2. The van der Waals surface area contributed by atoms with Crippen molar-refractivity contribution >= 4 is 5.97 Å². The molecule has 1 saturated heterocycles. The minimum atomic E-state index is -0.396. The van der Waals surface area contributed by atoms with Crippen LogP contribution >= 0.6 is 0 Å². The number of halogens is 1. The van der Waals surface area contributed by atoms with Crippen molar-refractivity contribution in [3.05, 3.63) is 0 Å². The van der Waals surface area contributed by atoms with E-state index in [1.165, 1.54) is 25.7 Å². The van der Waals surface area contributed by atoms with Gasteiger partial charge in [0.1, 0.15) is 0 Å². The Bertz CT molecular complexity index is 397. The fraction of sp³-hybridized carbons (Fsp3) is 0.933. The molecule has 116 valence electrons. The van der Waals surface area contributed by atoms with Crippen LogP contribution in [0.25, 0.3) is 0 Å². The van der Waals surface area contributed by atoms with Crippen molar-refractivity contribution in [3.8, 4) is 0 Å². The standard InChI is InChI=1S/C15H25INO3/c1-14(2,12-16-17-12)13(18)20-9-19-8-15(3)7-10-4-5-11(15)6-10/h10-12,17H,4-9H2,1-3H3/q-1. The summed E-state index contributed by atoms with van der Waals surface area (Å²) in [6.07, 6.45) is 5.42. The van der Waals surface area contributed by atoms with Crippen LogP contribution in [0.2, 0.25) is 0 Å². The van der Waals surface area contributed by atoms with Crippen molar-refractivity contribution in [1.82, 2.24) is 3.53 Å². The Balaban J connectivity index is 1.39. The van der Waals surface area contributed by atoms with Gasteiger partial charge >= 0.3 is 132 Å². The summed E-state index contributed by atoms with van der Waals surface area (Å²) in [6, 6.07) is 0. The third-order valence-electron chi connectivity index (χ3n) is 5.36. The second kappa shape index (κ2) is 5.39. The van der Waals surface area contributed by atoms with Gasteiger partial charge in [0.15, 0.2) is 0 Å². The summed E-state index contributed by atoms with van der Waals surface area (Å²) < 4.78 is 14.6. The van der Waals surface area contributed by atoms with Gasteiger partial charge in [-0.3, -0.25) is 0 Å². The predicted octanol–water partition coefficient (Wildman–Crippen LogP) is -0.710. The number of rotatable bonds is 6. The number of ether oxygens (including phenoxy) is 2. The molecule has 1 heterocycles. The van der Waals surface area contributed by atoms with E-state index in [9.17, 15) is 4.79 Å². The summed E-state index contributed by atoms with van der Waals surface area (Å²) in [7, 11) is 0. The van der Waals surface area contributed by atoms with Gasteiger partial charge in [-0.1, -0.05) is 0 Å². The molecule has 0 aromatic heterocycles. The van der Waals surface area contributed by atoms with Crippen LogP contribution in [-0.4, -0.2) is 23.4 Å². The first kappa shape index (κ1) is 15.0. The topological polar surface area (TPSA) is 57.5 Å². The molecule has 20 heavy (non-hydrogen) atoms. The van der Waals surface area contributed by atoms with Gasteiger partial charge in [-0.25, -0.2) is 0 Å². The number of esters is 1. The maximum absolute atomic E-state index is 12.0. The molecule has 2 aliphatic carbocycles. The van der Waals surface area contributed by atoms with Gasteiger partial charge in [-0.2, -0.15) is 0 Å². The van der Waals surface area contributed by atoms with Crippen LogP contribution in [0.1, 0.15) is 46.5 Å². The van der Waals surface area contributed by atoms with E-state index in [0.29, 0.717) is 9.46 Å². The number of alkyl halides is 1. The van der Waals surface area contributed by atoms with Crippen molar-refractivity contribution in [2.45, 2.75) is 50.5 Å². The third-order valence-corrected chi connectivity index (χ3v) is 8.17. The summed E-state index contributed by atoms with van der Waals surface area (Å²) in [5, 5.41) is 0. The zero-order valence-electron chi connectivity index (χ0n) is 12.6. The van der Waals surface area contributed by atoms with E-state index in [-0.39, 0.29) is 34.2 Å². The van der Waals surface area contributed by atoms with Crippen LogP contribution in [-0.2, 0) is 14.3 Å². The average molecular weight is 394 g/mol. The van der Waals surface area contributed by atoms with Gasteiger partial charge < -0.3 is 0 Å². The Morgan fingerprint density at radius 1 is 1.45 bits per heavy atom. The first-order valence-electron chi connectivity index (χ1n) is 7.55. The number of carbonyl (C=O) groups is 1. The van der Waals surface area contributed by atoms with Crippen LogP contribution in [0, 0.1) is 22.7 Å². The summed E-state index contributed by atoms with van der Waals surface area (Å²) in [6.45, 7) is 7.09. The zero-order chi connectivity index (χ0) is 14.4. The van der Waals surface area contributed by atoms with E-state index in [0.717, 1.165) is 18.4 Å². The van der Waals surface area contributed by atoms with Crippen LogP contribution in [0.4, 0.5) is 0 Å². The molecule has 0 aromatic rings. The molecule has 4 atom stereocenters. The molecule has 1 aliphatic heterocycles. The predicted molar refractivity (Wildman–Crippen MR) is 71.2 cm³/mol. The number of carbonyl (C=O) groups excluding carboxylic acids is 1. The Morgan fingerprint density at radius 3 is 2.75 bits per heavy atom. The van der Waals surface area contributed by atoms with Crippen LogP contribution in [0.5, 0.6) is 0 Å². The molecule has 0 spiro atoms. The van der Waals surface area contributed by atoms with Gasteiger partial charge in [0.2, 0.25) is 0 Å². The fourth-order valence-electron chi connectivity index (χ4n) is 3.86. The average Bonchev–Trinajstić information content (AvgIpc) is 3.10. The Kier molecular flexibility index (Phi) is 4.05. The summed E-state index contributed by atoms with van der Waals surface area (Å²) in [4.78, 5) is 12.0. The molecule has 1 N–H and O–H groups in total. The van der Waals surface area contributed by atoms with Crippen LogP contribution in [0.3, 0.4) is 0 Å². The van der Waals surface area contributed by atoms with Gasteiger partial charge in [-0.05, 0) is 0 Å². The van der Waals surface area contributed by atoms with Gasteiger partial charge in [0.05, 0.1) is 0 Å². The molecule has 0 aromatic carbocycles. The Labute approximate surface area is 132 Å². The van der Waals surface area contributed by atoms with Gasteiger partial charge in [0.25, 0.3) is 0 Å². The van der Waals surface area contributed by atoms with E-state index in [1.54, 1.807) is 0 Å². The van der Waals surface area contributed by atoms with E-state index in [4.69, 9.17) is 9.47 Å². The summed E-state index contributed by atoms with van der Waals surface area (Å²) in [5.41, 5.74) is -0.0820. The minimum absolute atomic E-state index is 0.0196. The summed E-state index contributed by atoms with van der Waals surface area (Å²) >= 11 is 0.0196. The molecule has 3 aliphatic rings. The van der Waals surface area contributed by atoms with Crippen molar-refractivity contribution in [1.29, 1.82) is 0 Å². The second-order valence-corrected chi connectivity index (χ2v) is 9.93. The summed E-state index contributed by atoms with van der Waals surface area (Å²) in [5.74, 6) is 1.60. The number of nitrogens with one attached hydrogen (secondary N) is 1. The molecule has 3 fully saturated rings. The maximum atomic E-state index is 12.0.